The van der Waals surface area contributed by atoms with E-state index in [-0.39, 0.29) is 24.6 Å². The lowest BCUT2D eigenvalue weighted by molar-refractivity contribution is -0.132. The molecule has 0 aliphatic carbocycles. The minimum Gasteiger partial charge on any atom is -0.376 e. The Balaban J connectivity index is 1.46. The molecule has 7 nitrogen and oxygen atoms in total. The molecule has 0 bridgehead atoms. The molecule has 4 heterocycles. The normalized spacial score (nSPS) is 22.0. The first-order chi connectivity index (χ1) is 12.2. The van der Waals surface area contributed by atoms with Gasteiger partial charge in [0.1, 0.15) is 5.65 Å². The Hall–Kier alpha value is -2.41. The van der Waals surface area contributed by atoms with Gasteiger partial charge in [-0.25, -0.2) is 9.78 Å². The van der Waals surface area contributed by atoms with Crippen molar-refractivity contribution in [2.75, 3.05) is 19.7 Å². The van der Waals surface area contributed by atoms with Crippen molar-refractivity contribution in [1.82, 2.24) is 19.8 Å². The lowest BCUT2D eigenvalue weighted by Gasteiger charge is -2.36. The van der Waals surface area contributed by atoms with Crippen LogP contribution in [0.2, 0.25) is 0 Å². The Morgan fingerprint density at radius 1 is 1.24 bits per heavy atom. The second-order valence-electron chi connectivity index (χ2n) is 6.67. The van der Waals surface area contributed by atoms with Crippen LogP contribution in [0.5, 0.6) is 0 Å². The van der Waals surface area contributed by atoms with Crippen molar-refractivity contribution >= 4 is 23.0 Å². The molecule has 1 unspecified atom stereocenters. The van der Waals surface area contributed by atoms with E-state index in [4.69, 9.17) is 4.74 Å². The third-order valence-corrected chi connectivity index (χ3v) is 4.88. The van der Waals surface area contributed by atoms with Gasteiger partial charge < -0.3 is 14.6 Å². The monoisotopic (exact) mass is 342 g/mol. The molecule has 2 fully saturated rings. The second kappa shape index (κ2) is 6.84. The van der Waals surface area contributed by atoms with Crippen LogP contribution in [0.3, 0.4) is 0 Å². The topological polar surface area (TPSA) is 78.5 Å². The summed E-state index contributed by atoms with van der Waals surface area (Å²) in [7, 11) is 0. The molecule has 2 saturated heterocycles. The number of H-pyrrole nitrogens is 1. The highest BCUT2D eigenvalue weighted by molar-refractivity contribution is 5.96. The van der Waals surface area contributed by atoms with Crippen molar-refractivity contribution in [2.45, 2.75) is 38.3 Å². The fraction of sp³-hybridized carbons (Fsp3) is 0.500. The molecule has 3 amide bonds. The fourth-order valence-electron chi connectivity index (χ4n) is 3.48. The SMILES string of the molecule is O=C1CCN(CC2CCCCO2)C(=O)N1Cc1ccc2cc[nH]c2n1. The zero-order valence-electron chi connectivity index (χ0n) is 14.1. The molecular formula is C18H22N4O3. The maximum Gasteiger partial charge on any atom is 0.327 e. The fourth-order valence-corrected chi connectivity index (χ4v) is 3.48. The third kappa shape index (κ3) is 3.37. The maximum atomic E-state index is 12.8. The van der Waals surface area contributed by atoms with E-state index in [1.54, 1.807) is 4.90 Å². The lowest BCUT2D eigenvalue weighted by atomic mass is 10.1. The summed E-state index contributed by atoms with van der Waals surface area (Å²) in [6.07, 6.45) is 5.45. The summed E-state index contributed by atoms with van der Waals surface area (Å²) in [6, 6.07) is 5.51. The molecular weight excluding hydrogens is 320 g/mol. The first-order valence-corrected chi connectivity index (χ1v) is 8.84. The van der Waals surface area contributed by atoms with Crippen LogP contribution < -0.4 is 0 Å². The molecule has 7 heteroatoms. The van der Waals surface area contributed by atoms with Gasteiger partial charge in [0.25, 0.3) is 0 Å². The van der Waals surface area contributed by atoms with E-state index in [9.17, 15) is 9.59 Å². The molecule has 2 aromatic heterocycles. The van der Waals surface area contributed by atoms with Gasteiger partial charge in [-0.15, -0.1) is 0 Å². The quantitative estimate of drug-likeness (QED) is 0.925. The standard InChI is InChI=1S/C18H22N4O3/c23-16-7-9-21(12-15-3-1-2-10-25-15)18(24)22(16)11-14-5-4-13-6-8-19-17(13)20-14/h4-6,8,15H,1-3,7,9-12H2,(H,19,20). The number of imide groups is 1. The number of urea groups is 1. The molecule has 0 aromatic carbocycles. The number of ether oxygens (including phenoxy) is 1. The number of aromatic nitrogens is 2. The first kappa shape index (κ1) is 16.1. The van der Waals surface area contributed by atoms with Gasteiger partial charge in [0, 0.05) is 37.7 Å². The van der Waals surface area contributed by atoms with Crippen LogP contribution >= 0.6 is 0 Å². The number of carbonyl (C=O) groups is 2. The highest BCUT2D eigenvalue weighted by Gasteiger charge is 2.33. The number of nitrogens with zero attached hydrogens (tertiary/aromatic N) is 3. The van der Waals surface area contributed by atoms with E-state index in [0.29, 0.717) is 25.2 Å². The molecule has 0 radical (unpaired) electrons. The number of fused-ring (bicyclic) bond motifs is 1. The first-order valence-electron chi connectivity index (χ1n) is 8.84. The van der Waals surface area contributed by atoms with Gasteiger partial charge in [-0.3, -0.25) is 9.69 Å². The summed E-state index contributed by atoms with van der Waals surface area (Å²) in [4.78, 5) is 35.6. The average Bonchev–Trinajstić information content (AvgIpc) is 3.10. The lowest BCUT2D eigenvalue weighted by Crippen LogP contribution is -2.54. The van der Waals surface area contributed by atoms with Crippen molar-refractivity contribution in [1.29, 1.82) is 0 Å². The number of aromatic amines is 1. The molecule has 0 saturated carbocycles. The summed E-state index contributed by atoms with van der Waals surface area (Å²) in [5.41, 5.74) is 1.47. The van der Waals surface area contributed by atoms with Crippen molar-refractivity contribution < 1.29 is 14.3 Å². The largest absolute Gasteiger partial charge is 0.376 e. The summed E-state index contributed by atoms with van der Waals surface area (Å²) < 4.78 is 5.73. The van der Waals surface area contributed by atoms with Gasteiger partial charge in [0.15, 0.2) is 0 Å². The van der Waals surface area contributed by atoms with Crippen LogP contribution in [-0.4, -0.2) is 57.5 Å². The second-order valence-corrected chi connectivity index (χ2v) is 6.67. The highest BCUT2D eigenvalue weighted by atomic mass is 16.5. The maximum absolute atomic E-state index is 12.8. The van der Waals surface area contributed by atoms with E-state index in [1.165, 1.54) is 4.90 Å². The number of rotatable bonds is 4. The van der Waals surface area contributed by atoms with Crippen LogP contribution in [0.4, 0.5) is 4.79 Å². The Bertz CT molecular complexity index is 781. The number of pyridine rings is 1. The molecule has 4 rings (SSSR count). The van der Waals surface area contributed by atoms with Crippen molar-refractivity contribution in [3.8, 4) is 0 Å². The highest BCUT2D eigenvalue weighted by Crippen LogP contribution is 2.19. The van der Waals surface area contributed by atoms with Gasteiger partial charge >= 0.3 is 6.03 Å². The Labute approximate surface area is 146 Å². The van der Waals surface area contributed by atoms with Crippen LogP contribution in [0.15, 0.2) is 24.4 Å². The van der Waals surface area contributed by atoms with Gasteiger partial charge in [-0.1, -0.05) is 0 Å². The van der Waals surface area contributed by atoms with E-state index >= 15 is 0 Å². The molecule has 25 heavy (non-hydrogen) atoms. The molecule has 2 aliphatic rings. The Kier molecular flexibility index (Phi) is 4.40. The minimum absolute atomic E-state index is 0.0844. The van der Waals surface area contributed by atoms with Gasteiger partial charge in [-0.2, -0.15) is 0 Å². The molecule has 132 valence electrons. The summed E-state index contributed by atoms with van der Waals surface area (Å²) in [5.74, 6) is -0.140. The van der Waals surface area contributed by atoms with E-state index in [1.807, 2.05) is 24.4 Å². The number of nitrogens with one attached hydrogen (secondary N) is 1. The molecule has 0 spiro atoms. The number of carbonyl (C=O) groups excluding carboxylic acids is 2. The van der Waals surface area contributed by atoms with Crippen LogP contribution in [0.1, 0.15) is 31.4 Å². The number of amides is 3. The van der Waals surface area contributed by atoms with Crippen LogP contribution in [0, 0.1) is 0 Å². The van der Waals surface area contributed by atoms with Crippen molar-refractivity contribution in [3.63, 3.8) is 0 Å². The molecule has 1 N–H and O–H groups in total. The molecule has 2 aliphatic heterocycles. The van der Waals surface area contributed by atoms with E-state index < -0.39 is 0 Å². The zero-order valence-corrected chi connectivity index (χ0v) is 14.1. The minimum atomic E-state index is -0.237. The average molecular weight is 342 g/mol. The Morgan fingerprint density at radius 3 is 3.00 bits per heavy atom. The van der Waals surface area contributed by atoms with Crippen molar-refractivity contribution in [2.24, 2.45) is 0 Å². The Morgan fingerprint density at radius 2 is 2.16 bits per heavy atom. The molecule has 2 aromatic rings. The number of hydrogen-bond acceptors (Lipinski definition) is 4. The van der Waals surface area contributed by atoms with Gasteiger partial charge in [0.2, 0.25) is 5.91 Å². The van der Waals surface area contributed by atoms with Gasteiger partial charge in [0.05, 0.1) is 18.3 Å². The predicted octanol–water partition coefficient (Wildman–Crippen LogP) is 2.29. The number of hydrogen-bond donors (Lipinski definition) is 1. The van der Waals surface area contributed by atoms with Crippen LogP contribution in [0.25, 0.3) is 11.0 Å². The summed E-state index contributed by atoms with van der Waals surface area (Å²) in [6.45, 7) is 1.99. The third-order valence-electron chi connectivity index (χ3n) is 4.88. The summed E-state index contributed by atoms with van der Waals surface area (Å²) in [5, 5.41) is 1.01. The zero-order chi connectivity index (χ0) is 17.2. The van der Waals surface area contributed by atoms with Crippen molar-refractivity contribution in [3.05, 3.63) is 30.1 Å². The molecule has 1 atom stereocenters. The van der Waals surface area contributed by atoms with Gasteiger partial charge in [-0.05, 0) is 37.5 Å². The van der Waals surface area contributed by atoms with E-state index in [0.717, 1.165) is 36.9 Å². The predicted molar refractivity (Wildman–Crippen MR) is 91.8 cm³/mol. The smallest absolute Gasteiger partial charge is 0.327 e. The summed E-state index contributed by atoms with van der Waals surface area (Å²) >= 11 is 0. The van der Waals surface area contributed by atoms with E-state index in [2.05, 4.69) is 9.97 Å². The van der Waals surface area contributed by atoms with Crippen LogP contribution in [-0.2, 0) is 16.1 Å².